The van der Waals surface area contributed by atoms with Crippen LogP contribution in [0.15, 0.2) is 71.9 Å². The van der Waals surface area contributed by atoms with Crippen LogP contribution < -0.4 is 20.1 Å². The maximum absolute atomic E-state index is 12.9. The number of aromatic nitrogens is 1. The van der Waals surface area contributed by atoms with E-state index in [0.29, 0.717) is 17.2 Å². The van der Waals surface area contributed by atoms with Crippen molar-refractivity contribution < 1.29 is 27.5 Å². The van der Waals surface area contributed by atoms with E-state index in [2.05, 4.69) is 15.6 Å². The fourth-order valence-corrected chi connectivity index (χ4v) is 4.92. The third kappa shape index (κ3) is 5.76. The van der Waals surface area contributed by atoms with E-state index in [9.17, 15) is 18.0 Å². The van der Waals surface area contributed by atoms with Gasteiger partial charge in [0.2, 0.25) is 15.9 Å². The number of nitrogens with zero attached hydrogens (tertiary/aromatic N) is 2. The Bertz CT molecular complexity index is 1330. The molecule has 1 aromatic heterocycles. The van der Waals surface area contributed by atoms with Crippen LogP contribution in [0.2, 0.25) is 0 Å². The topological polar surface area (TPSA) is 127 Å². The van der Waals surface area contributed by atoms with Gasteiger partial charge < -0.3 is 20.1 Å². The number of hydrogen-bond donors (Lipinski definition) is 2. The Morgan fingerprint density at radius 3 is 2.66 bits per heavy atom. The predicted molar refractivity (Wildman–Crippen MR) is 128 cm³/mol. The van der Waals surface area contributed by atoms with Crippen molar-refractivity contribution in [1.82, 2.24) is 14.6 Å². The number of pyridine rings is 1. The van der Waals surface area contributed by atoms with Crippen molar-refractivity contribution in [2.24, 2.45) is 0 Å². The Morgan fingerprint density at radius 2 is 1.91 bits per heavy atom. The molecular formula is C24H24N4O6S. The Morgan fingerprint density at radius 1 is 1.11 bits per heavy atom. The minimum absolute atomic E-state index is 0.0593. The number of carbonyl (C=O) groups is 2. The summed E-state index contributed by atoms with van der Waals surface area (Å²) in [6.07, 6.45) is 3.34. The largest absolute Gasteiger partial charge is 0.493 e. The first-order valence-electron chi connectivity index (χ1n) is 10.7. The molecule has 0 radical (unpaired) electrons. The van der Waals surface area contributed by atoms with E-state index in [1.807, 2.05) is 12.1 Å². The number of methoxy groups -OCH3 is 1. The molecule has 0 unspecified atom stereocenters. The lowest BCUT2D eigenvalue weighted by Crippen LogP contribution is -2.49. The molecule has 182 valence electrons. The fourth-order valence-electron chi connectivity index (χ4n) is 3.48. The zero-order chi connectivity index (χ0) is 24.8. The maximum atomic E-state index is 12.9. The molecule has 10 nitrogen and oxygen atoms in total. The number of carbonyl (C=O) groups excluding carboxylic acids is 2. The predicted octanol–water partition coefficient (Wildman–Crippen LogP) is 2.04. The van der Waals surface area contributed by atoms with E-state index in [1.54, 1.807) is 30.6 Å². The molecule has 1 aliphatic heterocycles. The minimum Gasteiger partial charge on any atom is -0.493 e. The summed E-state index contributed by atoms with van der Waals surface area (Å²) in [5.41, 5.74) is 1.52. The fraction of sp³-hybridized carbons (Fsp3) is 0.208. The van der Waals surface area contributed by atoms with E-state index >= 15 is 0 Å². The Balaban J connectivity index is 1.50. The number of hydrogen-bond acceptors (Lipinski definition) is 7. The highest BCUT2D eigenvalue weighted by molar-refractivity contribution is 7.89. The second-order valence-corrected chi connectivity index (χ2v) is 9.62. The third-order valence-corrected chi connectivity index (χ3v) is 7.14. The van der Waals surface area contributed by atoms with Crippen molar-refractivity contribution in [1.29, 1.82) is 0 Å². The van der Waals surface area contributed by atoms with Crippen LogP contribution in [-0.2, 0) is 21.4 Å². The van der Waals surface area contributed by atoms with Crippen LogP contribution in [-0.4, -0.2) is 56.3 Å². The van der Waals surface area contributed by atoms with Crippen molar-refractivity contribution in [2.45, 2.75) is 11.5 Å². The minimum atomic E-state index is -3.92. The molecule has 1 aliphatic rings. The number of ether oxygens (including phenoxy) is 2. The lowest BCUT2D eigenvalue weighted by atomic mass is 10.2. The number of anilines is 1. The summed E-state index contributed by atoms with van der Waals surface area (Å²) in [5, 5.41) is 5.35. The molecule has 3 aromatic rings. The number of benzene rings is 2. The van der Waals surface area contributed by atoms with Gasteiger partial charge in [-0.1, -0.05) is 6.07 Å². The van der Waals surface area contributed by atoms with Crippen molar-refractivity contribution in [2.75, 3.05) is 32.1 Å². The molecule has 4 rings (SSSR count). The third-order valence-electron chi connectivity index (χ3n) is 5.30. The van der Waals surface area contributed by atoms with Crippen LogP contribution >= 0.6 is 0 Å². The van der Waals surface area contributed by atoms with Gasteiger partial charge in [0.15, 0.2) is 11.5 Å². The van der Waals surface area contributed by atoms with Gasteiger partial charge in [0, 0.05) is 42.8 Å². The first-order chi connectivity index (χ1) is 16.9. The highest BCUT2D eigenvalue weighted by atomic mass is 32.2. The summed E-state index contributed by atoms with van der Waals surface area (Å²) in [6.45, 7) is 0.428. The van der Waals surface area contributed by atoms with Crippen molar-refractivity contribution in [3.63, 3.8) is 0 Å². The van der Waals surface area contributed by atoms with Gasteiger partial charge in [-0.3, -0.25) is 14.6 Å². The Hall–Kier alpha value is -3.96. The number of amides is 2. The van der Waals surface area contributed by atoms with Crippen molar-refractivity contribution in [3.8, 4) is 11.5 Å². The number of piperazine rings is 1. The highest BCUT2D eigenvalue weighted by Crippen LogP contribution is 2.31. The number of rotatable bonds is 8. The van der Waals surface area contributed by atoms with Crippen LogP contribution in [0.4, 0.5) is 5.69 Å². The standard InChI is InChI=1S/C24H24N4O6S/c1-33-21-6-5-19(14-22(21)34-16-17-7-9-25-10-8-17)27-24(30)18-3-2-4-20(13-18)35(31,32)28-12-11-26-23(29)15-28/h2-10,13-14H,11-12,15-16H2,1H3,(H,26,29)(H,27,30). The molecule has 0 spiro atoms. The van der Waals surface area contributed by atoms with E-state index in [1.165, 1.54) is 31.4 Å². The van der Waals surface area contributed by atoms with Crippen LogP contribution in [0.25, 0.3) is 0 Å². The first-order valence-corrected chi connectivity index (χ1v) is 12.2. The highest BCUT2D eigenvalue weighted by Gasteiger charge is 2.29. The van der Waals surface area contributed by atoms with E-state index in [4.69, 9.17) is 9.47 Å². The van der Waals surface area contributed by atoms with Crippen molar-refractivity contribution in [3.05, 3.63) is 78.1 Å². The summed E-state index contributed by atoms with van der Waals surface area (Å²) in [7, 11) is -2.40. The molecule has 1 saturated heterocycles. The Kier molecular flexibility index (Phi) is 7.28. The summed E-state index contributed by atoms with van der Waals surface area (Å²) in [6, 6.07) is 14.3. The first kappa shape index (κ1) is 24.2. The quantitative estimate of drug-likeness (QED) is 0.489. The van der Waals surface area contributed by atoms with E-state index < -0.39 is 15.9 Å². The van der Waals surface area contributed by atoms with Gasteiger partial charge in [0.05, 0.1) is 18.6 Å². The average molecular weight is 497 g/mol. The van der Waals surface area contributed by atoms with Gasteiger partial charge in [-0.05, 0) is 48.0 Å². The smallest absolute Gasteiger partial charge is 0.255 e. The lowest BCUT2D eigenvalue weighted by Gasteiger charge is -2.26. The zero-order valence-corrected chi connectivity index (χ0v) is 19.7. The van der Waals surface area contributed by atoms with Gasteiger partial charge in [-0.15, -0.1) is 0 Å². The second kappa shape index (κ2) is 10.5. The van der Waals surface area contributed by atoms with Gasteiger partial charge in [-0.2, -0.15) is 4.31 Å². The monoisotopic (exact) mass is 496 g/mol. The SMILES string of the molecule is COc1ccc(NC(=O)c2cccc(S(=O)(=O)N3CCNC(=O)C3)c2)cc1OCc1ccncc1. The molecule has 11 heteroatoms. The average Bonchev–Trinajstić information content (AvgIpc) is 2.88. The van der Waals surface area contributed by atoms with Gasteiger partial charge in [-0.25, -0.2) is 8.42 Å². The number of nitrogens with one attached hydrogen (secondary N) is 2. The van der Waals surface area contributed by atoms with Gasteiger partial charge in [0.25, 0.3) is 5.91 Å². The second-order valence-electron chi connectivity index (χ2n) is 7.68. The molecule has 0 aliphatic carbocycles. The van der Waals surface area contributed by atoms with Crippen molar-refractivity contribution >= 4 is 27.5 Å². The van der Waals surface area contributed by atoms with Crippen LogP contribution in [0.1, 0.15) is 15.9 Å². The maximum Gasteiger partial charge on any atom is 0.255 e. The molecule has 0 saturated carbocycles. The summed E-state index contributed by atoms with van der Waals surface area (Å²) < 4.78 is 38.2. The molecule has 35 heavy (non-hydrogen) atoms. The van der Waals surface area contributed by atoms with E-state index in [0.717, 1.165) is 9.87 Å². The lowest BCUT2D eigenvalue weighted by molar-refractivity contribution is -0.122. The van der Waals surface area contributed by atoms with Crippen LogP contribution in [0.5, 0.6) is 11.5 Å². The van der Waals surface area contributed by atoms with Crippen LogP contribution in [0, 0.1) is 0 Å². The Labute approximate surface area is 202 Å². The molecule has 2 amide bonds. The molecule has 0 atom stereocenters. The summed E-state index contributed by atoms with van der Waals surface area (Å²) in [4.78, 5) is 28.4. The summed E-state index contributed by atoms with van der Waals surface area (Å²) >= 11 is 0. The number of sulfonamides is 1. The van der Waals surface area contributed by atoms with Gasteiger partial charge in [0.1, 0.15) is 6.61 Å². The molecule has 2 N–H and O–H groups in total. The molecule has 1 fully saturated rings. The van der Waals surface area contributed by atoms with Crippen LogP contribution in [0.3, 0.4) is 0 Å². The molecule has 2 aromatic carbocycles. The molecule has 2 heterocycles. The molecule has 0 bridgehead atoms. The summed E-state index contributed by atoms with van der Waals surface area (Å²) in [5.74, 6) is 0.0661. The normalized spacial score (nSPS) is 14.1. The van der Waals surface area contributed by atoms with E-state index in [-0.39, 0.29) is 42.6 Å². The van der Waals surface area contributed by atoms with Gasteiger partial charge >= 0.3 is 0 Å². The zero-order valence-electron chi connectivity index (χ0n) is 18.9. The molecular weight excluding hydrogens is 472 g/mol.